The van der Waals surface area contributed by atoms with Crippen LogP contribution in [0, 0.1) is 5.82 Å². The number of hydrogen-bond donors (Lipinski definition) is 2. The van der Waals surface area contributed by atoms with Gasteiger partial charge >= 0.3 is 0 Å². The highest BCUT2D eigenvalue weighted by atomic mass is 19.1. The molecular weight excluding hydrogens is 291 g/mol. The molecule has 2 N–H and O–H groups in total. The Morgan fingerprint density at radius 2 is 1.65 bits per heavy atom. The number of piperidine rings is 1. The highest BCUT2D eigenvalue weighted by molar-refractivity contribution is 5.44. The zero-order chi connectivity index (χ0) is 16.1. The van der Waals surface area contributed by atoms with Crippen molar-refractivity contribution < 1.29 is 9.50 Å². The summed E-state index contributed by atoms with van der Waals surface area (Å²) in [5, 5.41) is 13.7. The minimum absolute atomic E-state index is 0.280. The number of likely N-dealkylation sites (tertiary alicyclic amines) is 1. The fraction of sp³-hybridized carbons (Fsp3) is 0.368. The molecule has 2 aromatic rings. The Kier molecular flexibility index (Phi) is 4.94. The summed E-state index contributed by atoms with van der Waals surface area (Å²) in [5.41, 5.74) is 0.977. The summed E-state index contributed by atoms with van der Waals surface area (Å²) in [4.78, 5) is 2.35. The Bertz CT molecular complexity index is 624. The molecule has 4 heteroatoms. The van der Waals surface area contributed by atoms with Gasteiger partial charge in [-0.3, -0.25) is 4.90 Å². The van der Waals surface area contributed by atoms with Crippen LogP contribution in [0.3, 0.4) is 0 Å². The molecule has 2 aromatic carbocycles. The van der Waals surface area contributed by atoms with Crippen molar-refractivity contribution >= 4 is 5.69 Å². The first-order chi connectivity index (χ1) is 11.1. The van der Waals surface area contributed by atoms with Gasteiger partial charge in [-0.2, -0.15) is 0 Å². The zero-order valence-corrected chi connectivity index (χ0v) is 13.2. The second-order valence-electron chi connectivity index (χ2n) is 6.32. The normalized spacial score (nSPS) is 17.8. The SMILES string of the molecule is OC1(CNc2ccccc2F)CCN(Cc2ccccc2)CC1. The first-order valence-corrected chi connectivity index (χ1v) is 8.12. The second kappa shape index (κ2) is 7.11. The molecule has 1 aliphatic heterocycles. The zero-order valence-electron chi connectivity index (χ0n) is 13.2. The summed E-state index contributed by atoms with van der Waals surface area (Å²) >= 11 is 0. The van der Waals surface area contributed by atoms with E-state index < -0.39 is 5.60 Å². The van der Waals surface area contributed by atoms with Crippen LogP contribution in [-0.4, -0.2) is 35.2 Å². The molecule has 122 valence electrons. The third-order valence-corrected chi connectivity index (χ3v) is 4.52. The number of nitrogens with one attached hydrogen (secondary N) is 1. The predicted molar refractivity (Wildman–Crippen MR) is 90.8 cm³/mol. The largest absolute Gasteiger partial charge is 0.388 e. The van der Waals surface area contributed by atoms with Crippen molar-refractivity contribution in [3.05, 3.63) is 66.0 Å². The average Bonchev–Trinajstić information content (AvgIpc) is 2.58. The van der Waals surface area contributed by atoms with Gasteiger partial charge < -0.3 is 10.4 Å². The number of aliphatic hydroxyl groups is 1. The van der Waals surface area contributed by atoms with E-state index in [4.69, 9.17) is 0 Å². The molecule has 0 amide bonds. The van der Waals surface area contributed by atoms with Crippen molar-refractivity contribution in [3.8, 4) is 0 Å². The highest BCUT2D eigenvalue weighted by Crippen LogP contribution is 2.24. The number of nitrogens with zero attached hydrogens (tertiary/aromatic N) is 1. The summed E-state index contributed by atoms with van der Waals surface area (Å²) < 4.78 is 13.6. The van der Waals surface area contributed by atoms with E-state index in [1.807, 2.05) is 18.2 Å². The van der Waals surface area contributed by atoms with Gasteiger partial charge in [0, 0.05) is 26.2 Å². The summed E-state index contributed by atoms with van der Waals surface area (Å²) in [7, 11) is 0. The van der Waals surface area contributed by atoms with Crippen LogP contribution in [0.4, 0.5) is 10.1 Å². The lowest BCUT2D eigenvalue weighted by molar-refractivity contribution is -0.0120. The lowest BCUT2D eigenvalue weighted by atomic mass is 9.91. The number of anilines is 1. The molecule has 0 unspecified atom stereocenters. The first kappa shape index (κ1) is 16.0. The van der Waals surface area contributed by atoms with E-state index in [2.05, 4.69) is 22.3 Å². The lowest BCUT2D eigenvalue weighted by Crippen LogP contribution is -2.48. The lowest BCUT2D eigenvalue weighted by Gasteiger charge is -2.38. The van der Waals surface area contributed by atoms with Gasteiger partial charge in [-0.1, -0.05) is 42.5 Å². The minimum atomic E-state index is -0.768. The number of halogens is 1. The summed E-state index contributed by atoms with van der Waals surface area (Å²) in [6.07, 6.45) is 1.39. The molecular formula is C19H23FN2O. The van der Waals surface area contributed by atoms with Crippen LogP contribution in [0.15, 0.2) is 54.6 Å². The van der Waals surface area contributed by atoms with Crippen LogP contribution < -0.4 is 5.32 Å². The third kappa shape index (κ3) is 4.30. The molecule has 1 heterocycles. The number of hydrogen-bond acceptors (Lipinski definition) is 3. The molecule has 3 nitrogen and oxygen atoms in total. The molecule has 1 fully saturated rings. The molecule has 1 aliphatic rings. The van der Waals surface area contributed by atoms with E-state index in [-0.39, 0.29) is 5.82 Å². The quantitative estimate of drug-likeness (QED) is 0.889. The van der Waals surface area contributed by atoms with Crippen molar-refractivity contribution in [1.82, 2.24) is 4.90 Å². The van der Waals surface area contributed by atoms with Gasteiger partial charge in [0.15, 0.2) is 0 Å². The summed E-state index contributed by atoms with van der Waals surface area (Å²) in [6, 6.07) is 16.9. The van der Waals surface area contributed by atoms with Gasteiger partial charge in [-0.05, 0) is 30.5 Å². The van der Waals surface area contributed by atoms with E-state index in [0.717, 1.165) is 19.6 Å². The summed E-state index contributed by atoms with van der Waals surface area (Å²) in [6.45, 7) is 3.00. The second-order valence-corrected chi connectivity index (χ2v) is 6.32. The van der Waals surface area contributed by atoms with Crippen LogP contribution in [0.25, 0.3) is 0 Å². The van der Waals surface area contributed by atoms with Crippen molar-refractivity contribution in [1.29, 1.82) is 0 Å². The molecule has 0 atom stereocenters. The van der Waals surface area contributed by atoms with E-state index in [1.165, 1.54) is 11.6 Å². The number of benzene rings is 2. The van der Waals surface area contributed by atoms with Crippen LogP contribution in [0.2, 0.25) is 0 Å². The predicted octanol–water partition coefficient (Wildman–Crippen LogP) is 3.26. The standard InChI is InChI=1S/C19H23FN2O/c20-17-8-4-5-9-18(17)21-15-19(23)10-12-22(13-11-19)14-16-6-2-1-3-7-16/h1-9,21,23H,10-15H2. The smallest absolute Gasteiger partial charge is 0.146 e. The van der Waals surface area contributed by atoms with Gasteiger partial charge in [0.05, 0.1) is 11.3 Å². The Labute approximate surface area is 136 Å². The van der Waals surface area contributed by atoms with Gasteiger partial charge in [0.25, 0.3) is 0 Å². The Balaban J connectivity index is 1.50. The van der Waals surface area contributed by atoms with E-state index >= 15 is 0 Å². The van der Waals surface area contributed by atoms with Crippen LogP contribution in [0.1, 0.15) is 18.4 Å². The Hall–Kier alpha value is -1.91. The van der Waals surface area contributed by atoms with Crippen molar-refractivity contribution in [3.63, 3.8) is 0 Å². The fourth-order valence-electron chi connectivity index (χ4n) is 3.01. The maximum Gasteiger partial charge on any atom is 0.146 e. The van der Waals surface area contributed by atoms with Crippen molar-refractivity contribution in [2.45, 2.75) is 25.0 Å². The van der Waals surface area contributed by atoms with Crippen molar-refractivity contribution in [2.24, 2.45) is 0 Å². The molecule has 0 radical (unpaired) electrons. The van der Waals surface area contributed by atoms with E-state index in [9.17, 15) is 9.50 Å². The first-order valence-electron chi connectivity index (χ1n) is 8.12. The molecule has 1 saturated heterocycles. The Morgan fingerprint density at radius 3 is 2.35 bits per heavy atom. The molecule has 23 heavy (non-hydrogen) atoms. The maximum absolute atomic E-state index is 13.6. The van der Waals surface area contributed by atoms with Crippen molar-refractivity contribution in [2.75, 3.05) is 25.0 Å². The van der Waals surface area contributed by atoms with Gasteiger partial charge in [-0.15, -0.1) is 0 Å². The van der Waals surface area contributed by atoms with E-state index in [0.29, 0.717) is 25.1 Å². The third-order valence-electron chi connectivity index (χ3n) is 4.52. The Morgan fingerprint density at radius 1 is 1.00 bits per heavy atom. The minimum Gasteiger partial charge on any atom is -0.388 e. The maximum atomic E-state index is 13.6. The van der Waals surface area contributed by atoms with Crippen LogP contribution in [-0.2, 0) is 6.54 Å². The summed E-state index contributed by atoms with van der Waals surface area (Å²) in [5.74, 6) is -0.280. The average molecular weight is 314 g/mol. The van der Waals surface area contributed by atoms with E-state index in [1.54, 1.807) is 18.2 Å². The van der Waals surface area contributed by atoms with Gasteiger partial charge in [-0.25, -0.2) is 4.39 Å². The topological polar surface area (TPSA) is 35.5 Å². The van der Waals surface area contributed by atoms with Crippen LogP contribution >= 0.6 is 0 Å². The molecule has 0 spiro atoms. The van der Waals surface area contributed by atoms with Crippen LogP contribution in [0.5, 0.6) is 0 Å². The monoisotopic (exact) mass is 314 g/mol. The number of para-hydroxylation sites is 1. The van der Waals surface area contributed by atoms with Gasteiger partial charge in [0.2, 0.25) is 0 Å². The number of rotatable bonds is 5. The fourth-order valence-corrected chi connectivity index (χ4v) is 3.01. The highest BCUT2D eigenvalue weighted by Gasteiger charge is 2.32. The molecule has 0 aliphatic carbocycles. The molecule has 0 saturated carbocycles. The molecule has 3 rings (SSSR count). The molecule has 0 bridgehead atoms. The molecule has 0 aromatic heterocycles. The van der Waals surface area contributed by atoms with Gasteiger partial charge in [0.1, 0.15) is 5.82 Å².